The van der Waals surface area contributed by atoms with Crippen molar-refractivity contribution in [1.82, 2.24) is 4.90 Å². The van der Waals surface area contributed by atoms with E-state index in [2.05, 4.69) is 0 Å². The number of hydrogen-bond donors (Lipinski definition) is 0. The standard InChI is InChI=1S/C24H21F4NO4/c25-16-6-4-15(20(12-16)24(26,27)28)5-9-23(31)29-10-11-32-17(13-29)14-33-22-3-1-2-18-19(22)7-8-21(18)30/h1-6,9,12,17H,7-8,10-11,13-14H2/b9-5+. The highest BCUT2D eigenvalue weighted by atomic mass is 19.4. The van der Waals surface area contributed by atoms with Crippen molar-refractivity contribution in [3.8, 4) is 5.75 Å². The minimum Gasteiger partial charge on any atom is -0.491 e. The Kier molecular flexibility index (Phi) is 6.51. The lowest BCUT2D eigenvalue weighted by Crippen LogP contribution is -2.47. The van der Waals surface area contributed by atoms with Crippen LogP contribution in [0.15, 0.2) is 42.5 Å². The number of hydrogen-bond acceptors (Lipinski definition) is 4. The Bertz CT molecular complexity index is 1100. The Hall–Kier alpha value is -3.20. The van der Waals surface area contributed by atoms with Gasteiger partial charge in [0.15, 0.2) is 5.78 Å². The lowest BCUT2D eigenvalue weighted by molar-refractivity contribution is -0.138. The van der Waals surface area contributed by atoms with Crippen LogP contribution in [0.4, 0.5) is 17.6 Å². The van der Waals surface area contributed by atoms with E-state index >= 15 is 0 Å². The number of morpholine rings is 1. The second-order valence-corrected chi connectivity index (χ2v) is 7.86. The fourth-order valence-corrected chi connectivity index (χ4v) is 3.98. The van der Waals surface area contributed by atoms with E-state index in [-0.39, 0.29) is 37.6 Å². The summed E-state index contributed by atoms with van der Waals surface area (Å²) in [6.45, 7) is 0.898. The summed E-state index contributed by atoms with van der Waals surface area (Å²) in [5.41, 5.74) is 0.0958. The third-order valence-electron chi connectivity index (χ3n) is 5.64. The minimum absolute atomic E-state index is 0.0859. The third kappa shape index (κ3) is 5.24. The van der Waals surface area contributed by atoms with E-state index < -0.39 is 29.6 Å². The van der Waals surface area contributed by atoms with Crippen molar-refractivity contribution in [3.63, 3.8) is 0 Å². The van der Waals surface area contributed by atoms with Gasteiger partial charge in [0.05, 0.1) is 18.7 Å². The van der Waals surface area contributed by atoms with E-state index in [1.165, 1.54) is 4.90 Å². The van der Waals surface area contributed by atoms with Gasteiger partial charge in [-0.3, -0.25) is 9.59 Å². The SMILES string of the molecule is O=C1CCc2c(OCC3CN(C(=O)/C=C/c4ccc(F)cc4C(F)(F)F)CCO3)cccc21. The van der Waals surface area contributed by atoms with E-state index in [4.69, 9.17) is 9.47 Å². The Morgan fingerprint density at radius 3 is 2.82 bits per heavy atom. The van der Waals surface area contributed by atoms with Crippen LogP contribution in [0.5, 0.6) is 5.75 Å². The molecule has 0 saturated carbocycles. The van der Waals surface area contributed by atoms with Gasteiger partial charge in [0.25, 0.3) is 0 Å². The van der Waals surface area contributed by atoms with Crippen LogP contribution < -0.4 is 4.74 Å². The molecular weight excluding hydrogens is 442 g/mol. The molecule has 5 nitrogen and oxygen atoms in total. The number of ether oxygens (including phenoxy) is 2. The van der Waals surface area contributed by atoms with Gasteiger partial charge in [0.2, 0.25) is 5.91 Å². The average molecular weight is 463 g/mol. The Labute approximate surface area is 187 Å². The third-order valence-corrected chi connectivity index (χ3v) is 5.64. The summed E-state index contributed by atoms with van der Waals surface area (Å²) in [5.74, 6) is -0.786. The van der Waals surface area contributed by atoms with E-state index in [1.807, 2.05) is 0 Å². The molecule has 0 N–H and O–H groups in total. The van der Waals surface area contributed by atoms with Gasteiger partial charge in [0, 0.05) is 30.2 Å². The topological polar surface area (TPSA) is 55.8 Å². The van der Waals surface area contributed by atoms with Crippen LogP contribution in [0.1, 0.15) is 33.5 Å². The number of fused-ring (bicyclic) bond motifs is 1. The lowest BCUT2D eigenvalue weighted by Gasteiger charge is -2.32. The van der Waals surface area contributed by atoms with Gasteiger partial charge >= 0.3 is 6.18 Å². The van der Waals surface area contributed by atoms with Crippen molar-refractivity contribution in [2.24, 2.45) is 0 Å². The van der Waals surface area contributed by atoms with Crippen LogP contribution >= 0.6 is 0 Å². The van der Waals surface area contributed by atoms with Crippen molar-refractivity contribution in [1.29, 1.82) is 0 Å². The molecule has 1 saturated heterocycles. The van der Waals surface area contributed by atoms with Crippen molar-refractivity contribution < 1.29 is 36.6 Å². The summed E-state index contributed by atoms with van der Waals surface area (Å²) in [6.07, 6.45) is -2.02. The zero-order valence-corrected chi connectivity index (χ0v) is 17.5. The van der Waals surface area contributed by atoms with Gasteiger partial charge in [-0.1, -0.05) is 18.2 Å². The number of carbonyl (C=O) groups excluding carboxylic acids is 2. The smallest absolute Gasteiger partial charge is 0.417 e. The number of ketones is 1. The highest BCUT2D eigenvalue weighted by Crippen LogP contribution is 2.33. The van der Waals surface area contributed by atoms with Crippen LogP contribution in [0, 0.1) is 5.82 Å². The highest BCUT2D eigenvalue weighted by molar-refractivity contribution is 6.01. The first kappa shape index (κ1) is 23.0. The van der Waals surface area contributed by atoms with Crippen molar-refractivity contribution in [2.45, 2.75) is 25.1 Å². The molecule has 1 aliphatic carbocycles. The van der Waals surface area contributed by atoms with Gasteiger partial charge < -0.3 is 14.4 Å². The predicted octanol–water partition coefficient (Wildman–Crippen LogP) is 4.29. The van der Waals surface area contributed by atoms with Crippen molar-refractivity contribution in [2.75, 3.05) is 26.3 Å². The predicted molar refractivity (Wildman–Crippen MR) is 111 cm³/mol. The molecule has 1 heterocycles. The molecular formula is C24H21F4NO4. The van der Waals surface area contributed by atoms with Crippen LogP contribution in [-0.2, 0) is 22.1 Å². The van der Waals surface area contributed by atoms with Gasteiger partial charge in [-0.05, 0) is 36.3 Å². The molecule has 0 bridgehead atoms. The quantitative estimate of drug-likeness (QED) is 0.490. The number of amides is 1. The zero-order valence-electron chi connectivity index (χ0n) is 17.5. The Balaban J connectivity index is 1.38. The van der Waals surface area contributed by atoms with E-state index in [9.17, 15) is 27.2 Å². The number of nitrogens with zero attached hydrogens (tertiary/aromatic N) is 1. The molecule has 1 amide bonds. The van der Waals surface area contributed by atoms with E-state index in [0.29, 0.717) is 30.2 Å². The Morgan fingerprint density at radius 2 is 2.03 bits per heavy atom. The molecule has 33 heavy (non-hydrogen) atoms. The fourth-order valence-electron chi connectivity index (χ4n) is 3.98. The molecule has 2 aromatic rings. The summed E-state index contributed by atoms with van der Waals surface area (Å²) < 4.78 is 64.2. The molecule has 1 fully saturated rings. The van der Waals surface area contributed by atoms with Gasteiger partial charge in [-0.25, -0.2) is 4.39 Å². The molecule has 1 aliphatic heterocycles. The summed E-state index contributed by atoms with van der Waals surface area (Å²) >= 11 is 0. The second-order valence-electron chi connectivity index (χ2n) is 7.86. The number of halogens is 4. The van der Waals surface area contributed by atoms with Crippen LogP contribution in [-0.4, -0.2) is 49.0 Å². The molecule has 1 atom stereocenters. The molecule has 4 rings (SSSR count). The summed E-state index contributed by atoms with van der Waals surface area (Å²) in [7, 11) is 0. The number of carbonyl (C=O) groups is 2. The van der Waals surface area contributed by atoms with Gasteiger partial charge in [-0.2, -0.15) is 13.2 Å². The summed E-state index contributed by atoms with van der Waals surface area (Å²) in [4.78, 5) is 25.9. The molecule has 1 unspecified atom stereocenters. The molecule has 9 heteroatoms. The minimum atomic E-state index is -4.74. The first-order valence-corrected chi connectivity index (χ1v) is 10.5. The second kappa shape index (κ2) is 9.35. The molecule has 0 spiro atoms. The Morgan fingerprint density at radius 1 is 1.21 bits per heavy atom. The number of Topliss-reactive ketones (excluding diaryl/α,β-unsaturated/α-hetero) is 1. The molecule has 2 aliphatic rings. The normalized spacial score (nSPS) is 18.6. The fraction of sp³-hybridized carbons (Fsp3) is 0.333. The maximum atomic E-state index is 13.3. The number of benzene rings is 2. The van der Waals surface area contributed by atoms with Crippen molar-refractivity contribution in [3.05, 3.63) is 70.5 Å². The van der Waals surface area contributed by atoms with Crippen LogP contribution in [0.3, 0.4) is 0 Å². The van der Waals surface area contributed by atoms with Gasteiger partial charge in [-0.15, -0.1) is 0 Å². The van der Waals surface area contributed by atoms with Gasteiger partial charge in [0.1, 0.15) is 24.3 Å². The van der Waals surface area contributed by atoms with E-state index in [1.54, 1.807) is 18.2 Å². The first-order valence-electron chi connectivity index (χ1n) is 10.5. The molecule has 0 aromatic heterocycles. The van der Waals surface area contributed by atoms with Crippen molar-refractivity contribution >= 4 is 17.8 Å². The monoisotopic (exact) mass is 463 g/mol. The number of alkyl halides is 3. The zero-order chi connectivity index (χ0) is 23.6. The molecule has 0 radical (unpaired) electrons. The highest BCUT2D eigenvalue weighted by Gasteiger charge is 2.33. The molecule has 174 valence electrons. The largest absolute Gasteiger partial charge is 0.491 e. The molecule has 2 aromatic carbocycles. The lowest BCUT2D eigenvalue weighted by atomic mass is 10.1. The first-order chi connectivity index (χ1) is 15.7. The average Bonchev–Trinajstić information content (AvgIpc) is 3.17. The van der Waals surface area contributed by atoms with E-state index in [0.717, 1.165) is 29.8 Å². The van der Waals surface area contributed by atoms with Crippen LogP contribution in [0.2, 0.25) is 0 Å². The number of rotatable bonds is 5. The maximum absolute atomic E-state index is 13.3. The van der Waals surface area contributed by atoms with Crippen LogP contribution in [0.25, 0.3) is 6.08 Å². The maximum Gasteiger partial charge on any atom is 0.417 e. The summed E-state index contributed by atoms with van der Waals surface area (Å²) in [5, 5.41) is 0. The summed E-state index contributed by atoms with van der Waals surface area (Å²) in [6, 6.07) is 7.61.